The van der Waals surface area contributed by atoms with Gasteiger partial charge in [0, 0.05) is 37.8 Å². The fourth-order valence-corrected chi connectivity index (χ4v) is 6.82. The fourth-order valence-electron chi connectivity index (χ4n) is 6.16. The Kier molecular flexibility index (Phi) is 7.17. The Bertz CT molecular complexity index is 1320. The zero-order valence-electron chi connectivity index (χ0n) is 21.9. The molecule has 3 aromatic rings. The molecule has 1 aromatic carbocycles. The monoisotopic (exact) mass is 559 g/mol. The van der Waals surface area contributed by atoms with Crippen molar-refractivity contribution in [2.75, 3.05) is 35.1 Å². The Morgan fingerprint density at radius 3 is 2.49 bits per heavy atom. The number of nitrogens with one attached hydrogen (secondary N) is 1. The number of piperidine rings is 1. The van der Waals surface area contributed by atoms with Gasteiger partial charge in [0.05, 0.1) is 36.0 Å². The molecule has 1 aliphatic heterocycles. The summed E-state index contributed by atoms with van der Waals surface area (Å²) in [6.45, 7) is 1.74. The van der Waals surface area contributed by atoms with Crippen LogP contribution in [0.25, 0.3) is 17.1 Å². The first-order valence-corrected chi connectivity index (χ1v) is 15.2. The third-order valence-corrected chi connectivity index (χ3v) is 9.75. The van der Waals surface area contributed by atoms with Gasteiger partial charge in [-0.05, 0) is 68.2 Å². The zero-order valence-corrected chi connectivity index (χ0v) is 22.8. The van der Waals surface area contributed by atoms with Gasteiger partial charge < -0.3 is 14.7 Å². The highest BCUT2D eigenvalue weighted by Crippen LogP contribution is 2.49. The lowest BCUT2D eigenvalue weighted by Crippen LogP contribution is -2.43. The van der Waals surface area contributed by atoms with Gasteiger partial charge in [0.1, 0.15) is 22.4 Å². The van der Waals surface area contributed by atoms with Crippen LogP contribution in [0.4, 0.5) is 20.2 Å². The maximum Gasteiger partial charge on any atom is 0.248 e. The molecule has 0 radical (unpaired) electrons. The molecule has 210 valence electrons. The van der Waals surface area contributed by atoms with E-state index in [1.165, 1.54) is 19.3 Å². The van der Waals surface area contributed by atoms with E-state index in [4.69, 9.17) is 5.11 Å². The predicted octanol–water partition coefficient (Wildman–Crippen LogP) is 4.72. The van der Waals surface area contributed by atoms with Gasteiger partial charge in [-0.3, -0.25) is 4.68 Å². The molecule has 0 amide bonds. The van der Waals surface area contributed by atoms with Crippen molar-refractivity contribution in [2.24, 2.45) is 5.41 Å². The van der Waals surface area contributed by atoms with Gasteiger partial charge in [0.25, 0.3) is 0 Å². The van der Waals surface area contributed by atoms with Crippen molar-refractivity contribution >= 4 is 22.4 Å². The molecule has 12 heteroatoms. The predicted molar refractivity (Wildman–Crippen MR) is 146 cm³/mol. The number of hydrogen-bond acceptors (Lipinski definition) is 6. The summed E-state index contributed by atoms with van der Waals surface area (Å²) in [6.07, 6.45) is 10.6. The molecule has 2 aromatic heterocycles. The van der Waals surface area contributed by atoms with Gasteiger partial charge in [-0.1, -0.05) is 11.6 Å². The van der Waals surface area contributed by atoms with E-state index in [2.05, 4.69) is 25.0 Å². The van der Waals surface area contributed by atoms with Gasteiger partial charge in [-0.2, -0.15) is 5.10 Å². The molecule has 1 atom stereocenters. The average molecular weight is 560 g/mol. The third-order valence-electron chi connectivity index (χ3n) is 8.73. The second-order valence-electron chi connectivity index (χ2n) is 11.2. The normalized spacial score (nSPS) is 21.6. The second kappa shape index (κ2) is 10.6. The molecule has 2 aliphatic carbocycles. The molecule has 0 bridgehead atoms. The number of nitrogens with zero attached hydrogens (tertiary/aromatic N) is 6. The standard InChI is InChI=1S/C27H35F2N7O2S/c28-27(29)9-4-21(5-10-27)35-13-6-22(31-35)23-19-36(33-30-23)24-3-2-20(32-39(38)17-16-37)18-25(24)34-14-11-26(12-15-34)7-1-8-26/h2-3,6,13,18-19,21,32,37H,1,4-5,7-12,14-17H2. The first-order valence-electron chi connectivity index (χ1n) is 13.8. The van der Waals surface area contributed by atoms with E-state index in [1.54, 1.807) is 9.36 Å². The number of aromatic nitrogens is 5. The highest BCUT2D eigenvalue weighted by atomic mass is 32.2. The molecule has 3 fully saturated rings. The quantitative estimate of drug-likeness (QED) is 0.414. The minimum absolute atomic E-state index is 0.0329. The van der Waals surface area contributed by atoms with Crippen LogP contribution in [-0.2, 0) is 11.0 Å². The summed E-state index contributed by atoms with van der Waals surface area (Å²) < 4.78 is 45.9. The Balaban J connectivity index is 1.24. The lowest BCUT2D eigenvalue weighted by atomic mass is 9.63. The molecular weight excluding hydrogens is 524 g/mol. The van der Waals surface area contributed by atoms with Crippen molar-refractivity contribution in [3.05, 3.63) is 36.7 Å². The maximum atomic E-state index is 13.6. The van der Waals surface area contributed by atoms with Crippen molar-refractivity contribution in [3.63, 3.8) is 0 Å². The van der Waals surface area contributed by atoms with E-state index in [0.717, 1.165) is 43.0 Å². The zero-order chi connectivity index (χ0) is 27.0. The topological polar surface area (TPSA) is 101 Å². The van der Waals surface area contributed by atoms with Crippen LogP contribution in [-0.4, -0.2) is 65.5 Å². The highest BCUT2D eigenvalue weighted by molar-refractivity contribution is 7.86. The van der Waals surface area contributed by atoms with Crippen LogP contribution in [0, 0.1) is 5.41 Å². The molecule has 1 unspecified atom stereocenters. The van der Waals surface area contributed by atoms with E-state index >= 15 is 0 Å². The molecule has 9 nitrogen and oxygen atoms in total. The summed E-state index contributed by atoms with van der Waals surface area (Å²) in [5.41, 5.74) is 4.34. The lowest BCUT2D eigenvalue weighted by molar-refractivity contribution is -0.0449. The number of rotatable bonds is 8. The third kappa shape index (κ3) is 5.58. The van der Waals surface area contributed by atoms with Gasteiger partial charge in [-0.15, -0.1) is 5.10 Å². The molecule has 3 aliphatic rings. The molecule has 1 spiro atoms. The van der Waals surface area contributed by atoms with Crippen molar-refractivity contribution in [3.8, 4) is 17.1 Å². The highest BCUT2D eigenvalue weighted by Gasteiger charge is 2.40. The summed E-state index contributed by atoms with van der Waals surface area (Å²) in [6, 6.07) is 7.63. The van der Waals surface area contributed by atoms with Crippen molar-refractivity contribution < 1.29 is 18.1 Å². The van der Waals surface area contributed by atoms with Gasteiger partial charge in [0.15, 0.2) is 0 Å². The number of hydrogen-bond donors (Lipinski definition) is 2. The van der Waals surface area contributed by atoms with Crippen LogP contribution < -0.4 is 9.62 Å². The maximum absolute atomic E-state index is 13.6. The summed E-state index contributed by atoms with van der Waals surface area (Å²) in [5.74, 6) is -2.41. The first-order chi connectivity index (χ1) is 18.8. The van der Waals surface area contributed by atoms with E-state index in [-0.39, 0.29) is 31.2 Å². The van der Waals surface area contributed by atoms with E-state index in [1.807, 2.05) is 36.7 Å². The first kappa shape index (κ1) is 26.4. The number of benzene rings is 1. The molecule has 39 heavy (non-hydrogen) atoms. The largest absolute Gasteiger partial charge is 0.395 e. The fraction of sp³-hybridized carbons (Fsp3) is 0.593. The smallest absolute Gasteiger partial charge is 0.248 e. The number of aliphatic hydroxyl groups is 1. The molecule has 3 heterocycles. The lowest BCUT2D eigenvalue weighted by Gasteiger charge is -2.48. The summed E-state index contributed by atoms with van der Waals surface area (Å²) in [4.78, 5) is 2.37. The SMILES string of the molecule is O=S(CCO)Nc1ccc(-n2cc(-c3ccn(C4CCC(F)(F)CC4)n3)nn2)c(N2CCC3(CCC3)CC2)c1. The van der Waals surface area contributed by atoms with Crippen LogP contribution >= 0.6 is 0 Å². The molecule has 2 saturated carbocycles. The Morgan fingerprint density at radius 2 is 1.79 bits per heavy atom. The Hall–Kier alpha value is -2.86. The van der Waals surface area contributed by atoms with E-state index < -0.39 is 16.9 Å². The molecule has 6 rings (SSSR count). The van der Waals surface area contributed by atoms with Gasteiger partial charge >= 0.3 is 0 Å². The minimum Gasteiger partial charge on any atom is -0.395 e. The van der Waals surface area contributed by atoms with E-state index in [9.17, 15) is 13.0 Å². The van der Waals surface area contributed by atoms with Crippen LogP contribution in [0.2, 0.25) is 0 Å². The summed E-state index contributed by atoms with van der Waals surface area (Å²) >= 11 is 0. The average Bonchev–Trinajstić information content (AvgIpc) is 3.58. The molecule has 1 saturated heterocycles. The molecule has 2 N–H and O–H groups in total. The Labute approximate surface area is 229 Å². The number of anilines is 2. The number of alkyl halides is 2. The van der Waals surface area contributed by atoms with Crippen LogP contribution in [0.15, 0.2) is 36.7 Å². The summed E-state index contributed by atoms with van der Waals surface area (Å²) in [5, 5.41) is 22.6. The van der Waals surface area contributed by atoms with Crippen LogP contribution in [0.3, 0.4) is 0 Å². The van der Waals surface area contributed by atoms with Crippen molar-refractivity contribution in [1.82, 2.24) is 24.8 Å². The minimum atomic E-state index is -2.57. The van der Waals surface area contributed by atoms with Crippen molar-refractivity contribution in [1.29, 1.82) is 0 Å². The van der Waals surface area contributed by atoms with E-state index in [0.29, 0.717) is 29.6 Å². The summed E-state index contributed by atoms with van der Waals surface area (Å²) in [7, 11) is -1.37. The van der Waals surface area contributed by atoms with Crippen LogP contribution in [0.1, 0.15) is 63.8 Å². The van der Waals surface area contributed by atoms with Gasteiger partial charge in [0.2, 0.25) is 5.92 Å². The number of halogens is 2. The molecular formula is C27H35F2N7O2S. The number of aliphatic hydroxyl groups excluding tert-OH is 1. The Morgan fingerprint density at radius 1 is 1.03 bits per heavy atom. The van der Waals surface area contributed by atoms with Gasteiger partial charge in [-0.25, -0.2) is 17.7 Å². The second-order valence-corrected chi connectivity index (χ2v) is 12.5. The van der Waals surface area contributed by atoms with Crippen molar-refractivity contribution in [2.45, 2.75) is 69.8 Å². The van der Waals surface area contributed by atoms with Crippen LogP contribution in [0.5, 0.6) is 0 Å².